The van der Waals surface area contributed by atoms with E-state index in [9.17, 15) is 14.0 Å². The van der Waals surface area contributed by atoms with Crippen molar-refractivity contribution in [2.24, 2.45) is 11.8 Å². The number of hydrogen-bond acceptors (Lipinski definition) is 5. The second-order valence-corrected chi connectivity index (χ2v) is 9.58. The third-order valence-corrected chi connectivity index (χ3v) is 6.35. The van der Waals surface area contributed by atoms with Crippen LogP contribution in [-0.4, -0.2) is 54.5 Å². The van der Waals surface area contributed by atoms with Crippen molar-refractivity contribution in [2.45, 2.75) is 52.0 Å². The average molecular weight is 511 g/mol. The summed E-state index contributed by atoms with van der Waals surface area (Å²) in [4.78, 5) is 31.1. The third-order valence-electron chi connectivity index (χ3n) is 6.35. The molecule has 2 N–H and O–H groups in total. The maximum atomic E-state index is 14.7. The molecule has 0 radical (unpaired) electrons. The molecule has 2 heterocycles. The minimum absolute atomic E-state index is 0.152. The van der Waals surface area contributed by atoms with E-state index in [1.54, 1.807) is 13.1 Å². The van der Waals surface area contributed by atoms with Crippen molar-refractivity contribution < 1.29 is 18.7 Å². The molecule has 2 fully saturated rings. The summed E-state index contributed by atoms with van der Waals surface area (Å²) in [6.07, 6.45) is 13.7. The van der Waals surface area contributed by atoms with Crippen LogP contribution in [0.25, 0.3) is 10.9 Å². The Morgan fingerprint density at radius 3 is 2.41 bits per heavy atom. The van der Waals surface area contributed by atoms with Gasteiger partial charge in [-0.15, -0.1) is 26.0 Å². The zero-order valence-corrected chi connectivity index (χ0v) is 22.2. The molecule has 7 nitrogen and oxygen atoms in total. The molecular weight excluding hydrogens is 471 g/mol. The summed E-state index contributed by atoms with van der Waals surface area (Å²) in [5.74, 6) is 0.323. The number of ether oxygens (including phenoxy) is 1. The number of nitrogens with one attached hydrogen (secondary N) is 2. The second kappa shape index (κ2) is 14.2. The summed E-state index contributed by atoms with van der Waals surface area (Å²) < 4.78 is 20.6. The van der Waals surface area contributed by atoms with Crippen molar-refractivity contribution in [3.8, 4) is 18.6 Å². The maximum Gasteiger partial charge on any atom is 0.255 e. The lowest BCUT2D eigenvalue weighted by Crippen LogP contribution is -2.40. The van der Waals surface area contributed by atoms with Crippen LogP contribution in [-0.2, 0) is 4.79 Å². The Bertz CT molecular complexity index is 1090. The van der Waals surface area contributed by atoms with Crippen LogP contribution in [0.4, 0.5) is 10.1 Å². The summed E-state index contributed by atoms with van der Waals surface area (Å²) in [6.45, 7) is 11.9. The van der Waals surface area contributed by atoms with Crippen LogP contribution in [0, 0.1) is 30.5 Å². The summed E-state index contributed by atoms with van der Waals surface area (Å²) in [5, 5.41) is 6.70. The number of halogens is 1. The molecule has 8 heteroatoms. The Balaban J connectivity index is 0.00000115. The highest BCUT2D eigenvalue weighted by Crippen LogP contribution is 2.32. The average Bonchev–Trinajstić information content (AvgIpc) is 3.73. The van der Waals surface area contributed by atoms with E-state index in [0.29, 0.717) is 54.2 Å². The number of rotatable bonds is 8. The quantitative estimate of drug-likeness (QED) is 0.385. The van der Waals surface area contributed by atoms with Gasteiger partial charge in [-0.05, 0) is 43.6 Å². The first kappa shape index (κ1) is 29.6. The molecule has 0 bridgehead atoms. The van der Waals surface area contributed by atoms with Gasteiger partial charge in [0.2, 0.25) is 5.91 Å². The van der Waals surface area contributed by atoms with Gasteiger partial charge in [-0.2, -0.15) is 0 Å². The number of amides is 2. The van der Waals surface area contributed by atoms with Crippen molar-refractivity contribution >= 4 is 28.4 Å². The lowest BCUT2D eigenvalue weighted by Gasteiger charge is -2.32. The van der Waals surface area contributed by atoms with Gasteiger partial charge >= 0.3 is 0 Å². The number of fused-ring (bicyclic) bond motifs is 1. The number of likely N-dealkylation sites (tertiary alicyclic amines) is 1. The topological polar surface area (TPSA) is 83.6 Å². The van der Waals surface area contributed by atoms with Crippen LogP contribution in [0.1, 0.15) is 56.3 Å². The fraction of sp³-hybridized carbons (Fsp3) is 0.483. The first-order valence-electron chi connectivity index (χ1n) is 12.7. The third kappa shape index (κ3) is 7.94. The Hall–Kier alpha value is -3.60. The Labute approximate surface area is 219 Å². The van der Waals surface area contributed by atoms with Gasteiger partial charge in [0.05, 0.1) is 23.4 Å². The van der Waals surface area contributed by atoms with Crippen LogP contribution in [0.15, 0.2) is 31.5 Å². The minimum atomic E-state index is -0.475. The van der Waals surface area contributed by atoms with Gasteiger partial charge in [-0.1, -0.05) is 13.8 Å². The highest BCUT2D eigenvalue weighted by Gasteiger charge is 2.26. The highest BCUT2D eigenvalue weighted by molar-refractivity contribution is 6.07. The molecule has 200 valence electrons. The SMILES string of the molecule is C#C.C=C.CNc1c(C(=O)NC2CC2)cnc2cc(F)c(OCC3CCN(C(=O)CC(C)C)CC3)cc12. The number of hydrogen-bond donors (Lipinski definition) is 2. The lowest BCUT2D eigenvalue weighted by molar-refractivity contribution is -0.133. The van der Waals surface area contributed by atoms with Crippen LogP contribution < -0.4 is 15.4 Å². The highest BCUT2D eigenvalue weighted by atomic mass is 19.1. The fourth-order valence-electron chi connectivity index (χ4n) is 4.27. The fourth-order valence-corrected chi connectivity index (χ4v) is 4.27. The van der Waals surface area contributed by atoms with Gasteiger partial charge in [0.25, 0.3) is 5.91 Å². The molecule has 1 aliphatic carbocycles. The Morgan fingerprint density at radius 1 is 1.19 bits per heavy atom. The maximum absolute atomic E-state index is 14.7. The minimum Gasteiger partial charge on any atom is -0.490 e. The molecular formula is C29H39FN4O3. The standard InChI is InChI=1S/C25H33FN4O3.C2H4.C2H2/c1-15(2)10-23(31)30-8-6-16(7-9-30)14-33-22-11-18-21(12-20(22)26)28-13-19(24(18)27-3)25(32)29-17-4-5-17;2*1-2/h11-13,15-17H,4-10,14H2,1-3H3,(H,27,28)(H,29,32);1-2H2;1-2H. The van der Waals surface area contributed by atoms with Gasteiger partial charge in [0, 0.05) is 50.2 Å². The summed E-state index contributed by atoms with van der Waals surface area (Å²) in [5.41, 5.74) is 1.51. The lowest BCUT2D eigenvalue weighted by atomic mass is 9.97. The first-order chi connectivity index (χ1) is 17.9. The molecule has 2 amide bonds. The largest absolute Gasteiger partial charge is 0.490 e. The number of carbonyl (C=O) groups is 2. The second-order valence-electron chi connectivity index (χ2n) is 9.58. The molecule has 1 aromatic heterocycles. The Kier molecular flexibility index (Phi) is 11.4. The molecule has 4 rings (SSSR count). The molecule has 0 spiro atoms. The van der Waals surface area contributed by atoms with Gasteiger partial charge in [0.1, 0.15) is 0 Å². The number of terminal acetylenes is 1. The van der Waals surface area contributed by atoms with E-state index in [2.05, 4.69) is 41.6 Å². The van der Waals surface area contributed by atoms with Gasteiger partial charge in [-0.25, -0.2) is 4.39 Å². The Morgan fingerprint density at radius 2 is 1.84 bits per heavy atom. The van der Waals surface area contributed by atoms with Crippen LogP contribution in [0.2, 0.25) is 0 Å². The summed E-state index contributed by atoms with van der Waals surface area (Å²) >= 11 is 0. The molecule has 2 aromatic rings. The number of nitrogens with zero attached hydrogens (tertiary/aromatic N) is 2. The molecule has 0 unspecified atom stereocenters. The summed E-state index contributed by atoms with van der Waals surface area (Å²) in [7, 11) is 1.74. The van der Waals surface area contributed by atoms with E-state index >= 15 is 0 Å². The molecule has 1 aliphatic heterocycles. The van der Waals surface area contributed by atoms with E-state index in [1.165, 1.54) is 12.3 Å². The predicted octanol–water partition coefficient (Wildman–Crippen LogP) is 5.02. The van der Waals surface area contributed by atoms with Crippen molar-refractivity contribution in [3.63, 3.8) is 0 Å². The number of benzene rings is 1. The van der Waals surface area contributed by atoms with E-state index in [4.69, 9.17) is 4.74 Å². The number of piperidine rings is 1. The van der Waals surface area contributed by atoms with Crippen LogP contribution in [0.3, 0.4) is 0 Å². The van der Waals surface area contributed by atoms with Gasteiger partial charge < -0.3 is 20.3 Å². The van der Waals surface area contributed by atoms with E-state index < -0.39 is 5.82 Å². The van der Waals surface area contributed by atoms with Crippen molar-refractivity contribution in [1.29, 1.82) is 0 Å². The normalized spacial score (nSPS) is 15.2. The van der Waals surface area contributed by atoms with Gasteiger partial charge in [0.15, 0.2) is 11.6 Å². The van der Waals surface area contributed by atoms with E-state index in [-0.39, 0.29) is 29.5 Å². The van der Waals surface area contributed by atoms with Crippen LogP contribution >= 0.6 is 0 Å². The molecule has 37 heavy (non-hydrogen) atoms. The van der Waals surface area contributed by atoms with Crippen LogP contribution in [0.5, 0.6) is 5.75 Å². The zero-order chi connectivity index (χ0) is 27.5. The van der Waals surface area contributed by atoms with Crippen molar-refractivity contribution in [1.82, 2.24) is 15.2 Å². The molecule has 1 aromatic carbocycles. The zero-order valence-electron chi connectivity index (χ0n) is 22.2. The number of anilines is 1. The molecule has 1 saturated carbocycles. The predicted molar refractivity (Wildman–Crippen MR) is 147 cm³/mol. The summed E-state index contributed by atoms with van der Waals surface area (Å²) in [6, 6.07) is 3.21. The molecule has 2 aliphatic rings. The molecule has 1 saturated heterocycles. The smallest absolute Gasteiger partial charge is 0.255 e. The van der Waals surface area contributed by atoms with Crippen molar-refractivity contribution in [2.75, 3.05) is 32.1 Å². The first-order valence-corrected chi connectivity index (χ1v) is 12.7. The van der Waals surface area contributed by atoms with E-state index in [1.807, 2.05) is 18.7 Å². The van der Waals surface area contributed by atoms with E-state index in [0.717, 1.165) is 25.7 Å². The monoisotopic (exact) mass is 510 g/mol. The number of pyridine rings is 1. The number of aromatic nitrogens is 1. The molecule has 0 atom stereocenters. The van der Waals surface area contributed by atoms with Crippen molar-refractivity contribution in [3.05, 3.63) is 42.9 Å². The van der Waals surface area contributed by atoms with Gasteiger partial charge in [-0.3, -0.25) is 14.6 Å². The number of carbonyl (C=O) groups excluding carboxylic acids is 2.